The van der Waals surface area contributed by atoms with Crippen LogP contribution in [0.5, 0.6) is 0 Å². The molecule has 1 aromatic heterocycles. The summed E-state index contributed by atoms with van der Waals surface area (Å²) in [4.78, 5) is 0. The molecule has 9 aromatic carbocycles. The van der Waals surface area contributed by atoms with E-state index < -0.39 is 0 Å². The molecule has 0 aliphatic carbocycles. The van der Waals surface area contributed by atoms with Crippen molar-refractivity contribution in [2.24, 2.45) is 0 Å². The molecule has 0 saturated heterocycles. The molecule has 0 unspecified atom stereocenters. The van der Waals surface area contributed by atoms with E-state index in [1.54, 1.807) is 0 Å². The summed E-state index contributed by atoms with van der Waals surface area (Å²) in [7, 11) is 0. The van der Waals surface area contributed by atoms with E-state index in [2.05, 4.69) is 182 Å². The Labute approximate surface area is 284 Å². The topological polar surface area (TPSA) is 13.1 Å². The molecule has 0 amide bonds. The summed E-state index contributed by atoms with van der Waals surface area (Å²) in [5.74, 6) is 0. The fourth-order valence-electron chi connectivity index (χ4n) is 8.00. The van der Waals surface area contributed by atoms with E-state index in [0.29, 0.717) is 0 Å². The molecule has 0 N–H and O–H groups in total. The molecule has 0 fully saturated rings. The summed E-state index contributed by atoms with van der Waals surface area (Å²) in [5.41, 5.74) is 11.5. The smallest absolute Gasteiger partial charge is 0.143 e. The first-order chi connectivity index (χ1) is 24.3. The monoisotopic (exact) mass is 622 g/mol. The van der Waals surface area contributed by atoms with Crippen LogP contribution in [0.2, 0.25) is 0 Å². The van der Waals surface area contributed by atoms with Crippen LogP contribution in [0.4, 0.5) is 0 Å². The first-order valence-corrected chi connectivity index (χ1v) is 16.9. The molecule has 1 nitrogen and oxygen atoms in total. The van der Waals surface area contributed by atoms with Crippen LogP contribution in [0.3, 0.4) is 0 Å². The van der Waals surface area contributed by atoms with Crippen molar-refractivity contribution in [2.45, 2.75) is 0 Å². The summed E-state index contributed by atoms with van der Waals surface area (Å²) < 4.78 is 6.65. The van der Waals surface area contributed by atoms with E-state index >= 15 is 0 Å². The molecule has 228 valence electrons. The Hall–Kier alpha value is -6.44. The third-order valence-electron chi connectivity index (χ3n) is 10.1. The quantitative estimate of drug-likeness (QED) is 0.178. The molecular weight excluding hydrogens is 593 g/mol. The van der Waals surface area contributed by atoms with Gasteiger partial charge in [-0.05, 0) is 77.3 Å². The molecule has 0 bridgehead atoms. The Morgan fingerprint density at radius 1 is 0.265 bits per heavy atom. The molecular formula is C48H30O. The Bertz CT molecular complexity index is 2800. The van der Waals surface area contributed by atoms with Crippen molar-refractivity contribution >= 4 is 54.3 Å². The molecule has 1 heteroatoms. The lowest BCUT2D eigenvalue weighted by Crippen LogP contribution is -1.92. The number of fused-ring (bicyclic) bond motifs is 6. The number of hydrogen-bond acceptors (Lipinski definition) is 1. The largest absolute Gasteiger partial charge is 0.455 e. The van der Waals surface area contributed by atoms with Crippen molar-refractivity contribution in [3.8, 4) is 44.5 Å². The number of para-hydroxylation sites is 1. The summed E-state index contributed by atoms with van der Waals surface area (Å²) in [5, 5.41) is 9.78. The van der Waals surface area contributed by atoms with Crippen molar-refractivity contribution in [1.82, 2.24) is 0 Å². The van der Waals surface area contributed by atoms with Gasteiger partial charge >= 0.3 is 0 Å². The second-order valence-corrected chi connectivity index (χ2v) is 12.7. The third-order valence-corrected chi connectivity index (χ3v) is 10.1. The van der Waals surface area contributed by atoms with Gasteiger partial charge in [0.2, 0.25) is 0 Å². The maximum Gasteiger partial charge on any atom is 0.143 e. The molecule has 0 aliphatic heterocycles. The predicted octanol–water partition coefficient (Wildman–Crippen LogP) is 13.7. The number of benzene rings is 9. The lowest BCUT2D eigenvalue weighted by molar-refractivity contribution is 0.670. The zero-order chi connectivity index (χ0) is 32.3. The number of furan rings is 1. The molecule has 10 aromatic rings. The van der Waals surface area contributed by atoms with Gasteiger partial charge in [-0.1, -0.05) is 176 Å². The maximum atomic E-state index is 6.65. The fourth-order valence-corrected chi connectivity index (χ4v) is 8.00. The highest BCUT2D eigenvalue weighted by atomic mass is 16.3. The number of rotatable bonds is 4. The van der Waals surface area contributed by atoms with Crippen LogP contribution in [0.15, 0.2) is 186 Å². The average Bonchev–Trinajstić information content (AvgIpc) is 3.57. The predicted molar refractivity (Wildman–Crippen MR) is 208 cm³/mol. The number of hydrogen-bond donors (Lipinski definition) is 0. The molecule has 0 saturated carbocycles. The lowest BCUT2D eigenvalue weighted by atomic mass is 9.83. The Balaban J connectivity index is 1.26. The second-order valence-electron chi connectivity index (χ2n) is 12.7. The van der Waals surface area contributed by atoms with Crippen molar-refractivity contribution in [1.29, 1.82) is 0 Å². The van der Waals surface area contributed by atoms with Crippen LogP contribution in [-0.4, -0.2) is 0 Å². The Kier molecular flexibility index (Phi) is 6.25. The highest BCUT2D eigenvalue weighted by molar-refractivity contribution is 6.25. The normalized spacial score (nSPS) is 11.7. The van der Waals surface area contributed by atoms with Crippen LogP contribution in [-0.2, 0) is 0 Å². The Morgan fingerprint density at radius 2 is 0.735 bits per heavy atom. The van der Waals surface area contributed by atoms with E-state index in [9.17, 15) is 0 Å². The maximum absolute atomic E-state index is 6.65. The molecule has 10 rings (SSSR count). The van der Waals surface area contributed by atoms with Gasteiger partial charge in [0.15, 0.2) is 0 Å². The van der Waals surface area contributed by atoms with Gasteiger partial charge in [0.05, 0.1) is 0 Å². The summed E-state index contributed by atoms with van der Waals surface area (Å²) in [6, 6.07) is 65.6. The van der Waals surface area contributed by atoms with Crippen LogP contribution < -0.4 is 0 Å². The molecule has 0 spiro atoms. The second kappa shape index (κ2) is 11.1. The lowest BCUT2D eigenvalue weighted by Gasteiger charge is -2.19. The molecule has 0 radical (unpaired) electrons. The fraction of sp³-hybridized carbons (Fsp3) is 0. The summed E-state index contributed by atoms with van der Waals surface area (Å²) in [6.07, 6.45) is 0. The minimum absolute atomic E-state index is 0.900. The van der Waals surface area contributed by atoms with Crippen molar-refractivity contribution in [2.75, 3.05) is 0 Å². The van der Waals surface area contributed by atoms with E-state index in [1.807, 2.05) is 0 Å². The first-order valence-electron chi connectivity index (χ1n) is 16.9. The van der Waals surface area contributed by atoms with Gasteiger partial charge in [-0.25, -0.2) is 0 Å². The zero-order valence-corrected chi connectivity index (χ0v) is 26.7. The highest BCUT2D eigenvalue weighted by Crippen LogP contribution is 2.48. The Morgan fingerprint density at radius 3 is 1.39 bits per heavy atom. The first kappa shape index (κ1) is 27.7. The molecule has 0 atom stereocenters. The van der Waals surface area contributed by atoms with Gasteiger partial charge in [-0.3, -0.25) is 0 Å². The van der Waals surface area contributed by atoms with Crippen LogP contribution in [0.25, 0.3) is 98.8 Å². The average molecular weight is 623 g/mol. The zero-order valence-electron chi connectivity index (χ0n) is 26.7. The van der Waals surface area contributed by atoms with Gasteiger partial charge in [0.1, 0.15) is 11.2 Å². The minimum atomic E-state index is 0.900. The van der Waals surface area contributed by atoms with Gasteiger partial charge in [0.25, 0.3) is 0 Å². The van der Waals surface area contributed by atoms with E-state index in [0.717, 1.165) is 33.1 Å². The van der Waals surface area contributed by atoms with Crippen LogP contribution in [0.1, 0.15) is 0 Å². The van der Waals surface area contributed by atoms with Crippen LogP contribution >= 0.6 is 0 Å². The standard InChI is InChI=1S/C48H30O/c1-3-15-31(16-4-1)33-25-13-27-43-47-37(26-14-28-44(47)49-48(33)43)36-29-30-42(35-20-8-7-19-34(35)36)46-40-23-11-9-21-38(40)45(32-17-5-2-6-18-32)39-22-10-12-24-41(39)46/h1-30H. The molecule has 0 aliphatic rings. The SMILES string of the molecule is c1ccc(-c2c3ccccc3c(-c3ccc(-c4cccc5oc6c(-c7ccccc7)cccc6c45)c4ccccc34)c3ccccc23)cc1. The molecule has 1 heterocycles. The van der Waals surface area contributed by atoms with Gasteiger partial charge in [-0.15, -0.1) is 0 Å². The molecule has 49 heavy (non-hydrogen) atoms. The van der Waals surface area contributed by atoms with Crippen molar-refractivity contribution < 1.29 is 4.42 Å². The third kappa shape index (κ3) is 4.26. The summed E-state index contributed by atoms with van der Waals surface area (Å²) >= 11 is 0. The van der Waals surface area contributed by atoms with Gasteiger partial charge in [-0.2, -0.15) is 0 Å². The van der Waals surface area contributed by atoms with E-state index in [1.165, 1.54) is 65.7 Å². The van der Waals surface area contributed by atoms with Gasteiger partial charge in [0, 0.05) is 16.3 Å². The van der Waals surface area contributed by atoms with E-state index in [-0.39, 0.29) is 0 Å². The van der Waals surface area contributed by atoms with Crippen LogP contribution in [0, 0.1) is 0 Å². The summed E-state index contributed by atoms with van der Waals surface area (Å²) in [6.45, 7) is 0. The van der Waals surface area contributed by atoms with E-state index in [4.69, 9.17) is 4.42 Å². The van der Waals surface area contributed by atoms with Crippen molar-refractivity contribution in [3.63, 3.8) is 0 Å². The highest BCUT2D eigenvalue weighted by Gasteiger charge is 2.21. The minimum Gasteiger partial charge on any atom is -0.455 e. The van der Waals surface area contributed by atoms with Gasteiger partial charge < -0.3 is 4.42 Å². The van der Waals surface area contributed by atoms with Crippen molar-refractivity contribution in [3.05, 3.63) is 182 Å².